The highest BCUT2D eigenvalue weighted by Gasteiger charge is 2.43. The second-order valence-corrected chi connectivity index (χ2v) is 12.0. The normalized spacial score (nSPS) is 17.4. The molecule has 0 spiro atoms. The average Bonchev–Trinajstić information content (AvgIpc) is 3.59. The molecule has 13 heteroatoms. The number of rotatable bonds is 12. The van der Waals surface area contributed by atoms with Crippen LogP contribution >= 0.6 is 11.3 Å². The number of hydrogen-bond acceptors (Lipinski definition) is 8. The number of ketones is 2. The molecule has 4 atom stereocenters. The molecule has 0 bridgehead atoms. The Morgan fingerprint density at radius 3 is 2.35 bits per heavy atom. The van der Waals surface area contributed by atoms with Gasteiger partial charge in [-0.15, -0.1) is 17.9 Å². The first kappa shape index (κ1) is 32.6. The van der Waals surface area contributed by atoms with Gasteiger partial charge in [-0.05, 0) is 31.1 Å². The first-order valence-electron chi connectivity index (χ1n) is 13.2. The number of aromatic nitrogens is 1. The second-order valence-electron chi connectivity index (χ2n) is 11.1. The lowest BCUT2D eigenvalue weighted by Crippen LogP contribution is -2.61. The van der Waals surface area contributed by atoms with Gasteiger partial charge in [-0.2, -0.15) is 0 Å². The molecule has 0 aromatic carbocycles. The summed E-state index contributed by atoms with van der Waals surface area (Å²) in [6.07, 6.45) is 3.85. The molecule has 2 rings (SSSR count). The summed E-state index contributed by atoms with van der Waals surface area (Å²) in [5, 5.41) is 12.3. The number of likely N-dealkylation sites (tertiary alicyclic amines) is 1. The van der Waals surface area contributed by atoms with Gasteiger partial charge in [0.15, 0.2) is 5.01 Å². The van der Waals surface area contributed by atoms with Crippen LogP contribution in [-0.4, -0.2) is 82.5 Å². The van der Waals surface area contributed by atoms with Crippen molar-refractivity contribution in [2.75, 3.05) is 13.1 Å². The molecule has 5 amide bonds. The zero-order valence-corrected chi connectivity index (χ0v) is 24.7. The molecule has 1 aromatic rings. The zero-order valence-electron chi connectivity index (χ0n) is 23.9. The van der Waals surface area contributed by atoms with E-state index in [4.69, 9.17) is 0 Å². The van der Waals surface area contributed by atoms with E-state index < -0.39 is 59.1 Å². The van der Waals surface area contributed by atoms with Gasteiger partial charge in [0.2, 0.25) is 23.4 Å². The fraction of sp³-hybridized carbons (Fsp3) is 0.593. The Labute approximate surface area is 238 Å². The van der Waals surface area contributed by atoms with Gasteiger partial charge in [0, 0.05) is 24.7 Å². The first-order valence-corrected chi connectivity index (χ1v) is 14.1. The lowest BCUT2D eigenvalue weighted by Gasteiger charge is -2.36. The van der Waals surface area contributed by atoms with E-state index in [-0.39, 0.29) is 29.8 Å². The van der Waals surface area contributed by atoms with Gasteiger partial charge in [-0.1, -0.05) is 40.7 Å². The molecule has 1 fully saturated rings. The number of urea groups is 1. The SMILES string of the molecule is C=CCNC(=O)C(=O)C(C)NC(=O)C1CCCN1C(=O)C(NC(=O)NC(C(=O)c1nccs1)C(C)C)C(C)(C)C. The van der Waals surface area contributed by atoms with E-state index in [2.05, 4.69) is 32.8 Å². The molecule has 4 N–H and O–H groups in total. The van der Waals surface area contributed by atoms with Gasteiger partial charge in [-0.25, -0.2) is 9.78 Å². The molecule has 1 aromatic heterocycles. The van der Waals surface area contributed by atoms with Crippen LogP contribution in [0.1, 0.15) is 64.2 Å². The molecule has 1 aliphatic rings. The van der Waals surface area contributed by atoms with E-state index in [9.17, 15) is 28.8 Å². The minimum atomic E-state index is -1.10. The van der Waals surface area contributed by atoms with Gasteiger partial charge in [0.25, 0.3) is 5.91 Å². The number of hydrogen-bond donors (Lipinski definition) is 4. The van der Waals surface area contributed by atoms with Gasteiger partial charge >= 0.3 is 6.03 Å². The van der Waals surface area contributed by atoms with E-state index in [1.54, 1.807) is 40.0 Å². The Bertz CT molecular complexity index is 1110. The van der Waals surface area contributed by atoms with Gasteiger partial charge < -0.3 is 26.2 Å². The summed E-state index contributed by atoms with van der Waals surface area (Å²) in [5.41, 5.74) is -0.739. The van der Waals surface area contributed by atoms with Crippen LogP contribution in [0.25, 0.3) is 0 Å². The van der Waals surface area contributed by atoms with Crippen molar-refractivity contribution in [3.63, 3.8) is 0 Å². The predicted molar refractivity (Wildman–Crippen MR) is 151 cm³/mol. The Hall–Kier alpha value is -3.61. The fourth-order valence-electron chi connectivity index (χ4n) is 4.27. The van der Waals surface area contributed by atoms with Crippen molar-refractivity contribution in [1.29, 1.82) is 0 Å². The molecule has 0 radical (unpaired) electrons. The number of amides is 5. The third-order valence-corrected chi connectivity index (χ3v) is 7.28. The van der Waals surface area contributed by atoms with Crippen molar-refractivity contribution >= 4 is 46.7 Å². The van der Waals surface area contributed by atoms with Crippen LogP contribution in [-0.2, 0) is 19.2 Å². The number of thiazole rings is 1. The average molecular weight is 577 g/mol. The van der Waals surface area contributed by atoms with Crippen LogP contribution in [0.3, 0.4) is 0 Å². The monoisotopic (exact) mass is 576 g/mol. The molecular weight excluding hydrogens is 536 g/mol. The first-order chi connectivity index (χ1) is 18.7. The maximum Gasteiger partial charge on any atom is 0.316 e. The molecule has 4 unspecified atom stereocenters. The third-order valence-electron chi connectivity index (χ3n) is 6.49. The summed E-state index contributed by atoms with van der Waals surface area (Å²) in [4.78, 5) is 82.4. The van der Waals surface area contributed by atoms with E-state index in [0.29, 0.717) is 12.8 Å². The van der Waals surface area contributed by atoms with E-state index in [1.807, 2.05) is 0 Å². The highest BCUT2D eigenvalue weighted by molar-refractivity contribution is 7.11. The zero-order chi connectivity index (χ0) is 30.2. The second kappa shape index (κ2) is 14.1. The number of carbonyl (C=O) groups excluding carboxylic acids is 6. The van der Waals surface area contributed by atoms with Crippen LogP contribution < -0.4 is 21.3 Å². The van der Waals surface area contributed by atoms with Gasteiger partial charge in [0.05, 0.1) is 12.1 Å². The molecule has 0 aliphatic carbocycles. The van der Waals surface area contributed by atoms with Crippen LogP contribution in [0.5, 0.6) is 0 Å². The summed E-state index contributed by atoms with van der Waals surface area (Å²) in [6, 6.07) is -4.53. The van der Waals surface area contributed by atoms with E-state index >= 15 is 0 Å². The molecule has 40 heavy (non-hydrogen) atoms. The van der Waals surface area contributed by atoms with Crippen molar-refractivity contribution in [2.24, 2.45) is 11.3 Å². The highest BCUT2D eigenvalue weighted by Crippen LogP contribution is 2.26. The van der Waals surface area contributed by atoms with Crippen molar-refractivity contribution in [3.05, 3.63) is 29.2 Å². The summed E-state index contributed by atoms with van der Waals surface area (Å²) in [6.45, 7) is 14.2. The van der Waals surface area contributed by atoms with Crippen molar-refractivity contribution in [1.82, 2.24) is 31.2 Å². The maximum atomic E-state index is 13.7. The Kier molecular flexibility index (Phi) is 11.5. The summed E-state index contributed by atoms with van der Waals surface area (Å²) in [5.74, 6) is -3.24. The lowest BCUT2D eigenvalue weighted by atomic mass is 9.85. The molecule has 2 heterocycles. The third kappa shape index (κ3) is 8.44. The maximum absolute atomic E-state index is 13.7. The predicted octanol–water partition coefficient (Wildman–Crippen LogP) is 1.43. The quantitative estimate of drug-likeness (QED) is 0.166. The van der Waals surface area contributed by atoms with Gasteiger partial charge in [0.1, 0.15) is 12.1 Å². The van der Waals surface area contributed by atoms with E-state index in [1.165, 1.54) is 35.4 Å². The Balaban J connectivity index is 2.13. The van der Waals surface area contributed by atoms with Crippen molar-refractivity contribution in [3.8, 4) is 0 Å². The number of carbonyl (C=O) groups is 6. The Morgan fingerprint density at radius 2 is 1.80 bits per heavy atom. The Morgan fingerprint density at radius 1 is 1.12 bits per heavy atom. The molecular formula is C27H40N6O6S. The summed E-state index contributed by atoms with van der Waals surface area (Å²) in [7, 11) is 0. The minimum absolute atomic E-state index is 0.113. The number of Topliss-reactive ketones (excluding diaryl/α,β-unsaturated/α-hetero) is 2. The van der Waals surface area contributed by atoms with Crippen LogP contribution in [0.15, 0.2) is 24.2 Å². The fourth-order valence-corrected chi connectivity index (χ4v) is 4.88. The van der Waals surface area contributed by atoms with Crippen LogP contribution in [0.4, 0.5) is 4.79 Å². The van der Waals surface area contributed by atoms with Crippen LogP contribution in [0.2, 0.25) is 0 Å². The van der Waals surface area contributed by atoms with Crippen molar-refractivity contribution < 1.29 is 28.8 Å². The lowest BCUT2D eigenvalue weighted by molar-refractivity contribution is -0.143. The van der Waals surface area contributed by atoms with Crippen molar-refractivity contribution in [2.45, 2.75) is 78.6 Å². The number of nitrogens with one attached hydrogen (secondary N) is 4. The molecule has 0 saturated carbocycles. The van der Waals surface area contributed by atoms with Gasteiger partial charge in [-0.3, -0.25) is 24.0 Å². The summed E-state index contributed by atoms with van der Waals surface area (Å²) >= 11 is 1.18. The molecule has 1 saturated heterocycles. The summed E-state index contributed by atoms with van der Waals surface area (Å²) < 4.78 is 0. The molecule has 12 nitrogen and oxygen atoms in total. The largest absolute Gasteiger partial charge is 0.346 e. The molecule has 1 aliphatic heterocycles. The topological polar surface area (TPSA) is 167 Å². The van der Waals surface area contributed by atoms with E-state index in [0.717, 1.165) is 0 Å². The standard InChI is InChI=1S/C27H40N6O6S/c1-8-11-28-23(37)19(34)16(4)30-22(36)17-10-9-13-33(17)25(38)21(27(5,6)7)32-26(39)31-18(15(2)3)20(35)24-29-12-14-40-24/h8,12,14-18,21H,1,9-11,13H2,2-7H3,(H,28,37)(H,30,36)(H2,31,32,39). The smallest absolute Gasteiger partial charge is 0.316 e. The minimum Gasteiger partial charge on any atom is -0.346 e. The highest BCUT2D eigenvalue weighted by atomic mass is 32.1. The van der Waals surface area contributed by atoms with Crippen LogP contribution in [0, 0.1) is 11.3 Å². The number of nitrogens with zero attached hydrogens (tertiary/aromatic N) is 2. The molecule has 220 valence electrons.